The predicted molar refractivity (Wildman–Crippen MR) is 205 cm³/mol. The molecule has 8 rings (SSSR count). The molecule has 3 fully saturated rings. The lowest BCUT2D eigenvalue weighted by molar-refractivity contribution is -0.125. The minimum atomic E-state index is -2.23. The van der Waals surface area contributed by atoms with E-state index in [-0.39, 0.29) is 35.6 Å². The number of phenolic OH excluding ortho intramolecular Hbond substituents is 1. The normalized spacial score (nSPS) is 27.3. The number of phenols is 1. The van der Waals surface area contributed by atoms with Gasteiger partial charge in [0.2, 0.25) is 11.8 Å². The highest BCUT2D eigenvalue weighted by Crippen LogP contribution is 2.67. The molecule has 4 aromatic carbocycles. The Morgan fingerprint density at radius 1 is 0.800 bits per heavy atom. The van der Waals surface area contributed by atoms with Gasteiger partial charge in [-0.25, -0.2) is 9.29 Å². The van der Waals surface area contributed by atoms with E-state index in [1.165, 1.54) is 25.3 Å². The molecule has 2 aliphatic heterocycles. The summed E-state index contributed by atoms with van der Waals surface area (Å²) >= 11 is 14.9. The number of methoxy groups -OCH3 is 1. The molecule has 11 nitrogen and oxygen atoms in total. The number of rotatable bonds is 7. The molecule has 14 heteroatoms. The number of carbonyl (C=O) groups is 4. The molecule has 1 N–H and O–H groups in total. The van der Waals surface area contributed by atoms with E-state index in [0.717, 1.165) is 27.6 Å². The molecule has 0 unspecified atom stereocenters. The summed E-state index contributed by atoms with van der Waals surface area (Å²) in [5.41, 5.74) is 3.14. The van der Waals surface area contributed by atoms with Gasteiger partial charge in [0.05, 0.1) is 41.7 Å². The Morgan fingerprint density at radius 3 is 2.02 bits per heavy atom. The maximum Gasteiger partial charge on any atom is 0.258 e. The number of hydrogen-bond acceptors (Lipinski definition) is 9. The first-order valence-corrected chi connectivity index (χ1v) is 18.3. The number of halogens is 3. The number of amides is 4. The van der Waals surface area contributed by atoms with Gasteiger partial charge in [0.15, 0.2) is 9.75 Å². The van der Waals surface area contributed by atoms with E-state index < -0.39 is 62.9 Å². The molecule has 4 amide bonds. The molecule has 55 heavy (non-hydrogen) atoms. The van der Waals surface area contributed by atoms with Gasteiger partial charge in [0.25, 0.3) is 11.8 Å². The van der Waals surface area contributed by atoms with E-state index >= 15 is 0 Å². The molecule has 0 bridgehead atoms. The third-order valence-electron chi connectivity index (χ3n) is 11.2. The number of aromatic hydroxyl groups is 1. The van der Waals surface area contributed by atoms with Crippen molar-refractivity contribution >= 4 is 75.3 Å². The Kier molecular flexibility index (Phi) is 8.81. The second-order valence-corrected chi connectivity index (χ2v) is 15.5. The van der Waals surface area contributed by atoms with Crippen molar-refractivity contribution in [3.63, 3.8) is 0 Å². The molecule has 0 spiro atoms. The number of carbonyl (C=O) groups excluding carboxylic acids is 4. The van der Waals surface area contributed by atoms with Crippen molar-refractivity contribution in [2.24, 2.45) is 28.0 Å². The number of hydrogen-bond donors (Lipinski definition) is 1. The van der Waals surface area contributed by atoms with Gasteiger partial charge in [-0.05, 0) is 104 Å². The summed E-state index contributed by atoms with van der Waals surface area (Å²) in [6.07, 6.45) is 1.61. The summed E-state index contributed by atoms with van der Waals surface area (Å²) < 4.78 is 19.6. The van der Waals surface area contributed by atoms with Crippen LogP contribution in [0.5, 0.6) is 11.5 Å². The number of ether oxygens (including phenoxy) is 1. The lowest BCUT2D eigenvalue weighted by atomic mass is 9.56. The van der Waals surface area contributed by atoms with Crippen LogP contribution in [0.1, 0.15) is 24.3 Å². The highest BCUT2D eigenvalue weighted by atomic mass is 35.5. The van der Waals surface area contributed by atoms with E-state index in [1.54, 1.807) is 42.5 Å². The van der Waals surface area contributed by atoms with E-state index in [9.17, 15) is 28.7 Å². The Bertz CT molecular complexity index is 2320. The van der Waals surface area contributed by atoms with Crippen molar-refractivity contribution in [1.29, 1.82) is 0 Å². The monoisotopic (exact) mass is 781 g/mol. The van der Waals surface area contributed by atoms with Crippen molar-refractivity contribution < 1.29 is 33.4 Å². The summed E-state index contributed by atoms with van der Waals surface area (Å²) in [5.74, 6) is -7.26. The first kappa shape index (κ1) is 36.4. The Balaban J connectivity index is 1.17. The maximum absolute atomic E-state index is 14.6. The molecular weight excluding hydrogens is 748 g/mol. The summed E-state index contributed by atoms with van der Waals surface area (Å²) in [4.78, 5) is 57.3. The number of nitrogens with zero attached hydrogens (tertiary/aromatic N) is 5. The van der Waals surface area contributed by atoms with Crippen LogP contribution in [0.2, 0.25) is 0 Å². The number of alkyl halides is 2. The number of anilines is 3. The molecule has 1 saturated carbocycles. The average Bonchev–Trinajstić information content (AvgIpc) is 3.52. The quantitative estimate of drug-likeness (QED) is 0.0877. The van der Waals surface area contributed by atoms with E-state index in [4.69, 9.17) is 27.9 Å². The maximum atomic E-state index is 14.6. The number of fused-ring (bicyclic) bond motifs is 4. The van der Waals surface area contributed by atoms with Gasteiger partial charge in [-0.2, -0.15) is 10.2 Å². The molecule has 2 saturated heterocycles. The van der Waals surface area contributed by atoms with Crippen LogP contribution in [-0.2, 0) is 19.2 Å². The highest BCUT2D eigenvalue weighted by Gasteiger charge is 2.77. The first-order chi connectivity index (χ1) is 26.3. The van der Waals surface area contributed by atoms with Crippen LogP contribution < -0.4 is 19.4 Å². The van der Waals surface area contributed by atoms with Crippen LogP contribution >= 0.6 is 23.2 Å². The molecule has 2 aliphatic carbocycles. The average molecular weight is 783 g/mol. The van der Waals surface area contributed by atoms with Crippen molar-refractivity contribution in [2.75, 3.05) is 35.9 Å². The van der Waals surface area contributed by atoms with Crippen LogP contribution in [0.25, 0.3) is 0 Å². The van der Waals surface area contributed by atoms with Gasteiger partial charge in [-0.1, -0.05) is 17.7 Å². The Hall–Kier alpha value is -5.59. The van der Waals surface area contributed by atoms with Gasteiger partial charge >= 0.3 is 0 Å². The number of azo groups is 1. The molecular formula is C41H34Cl2FN5O6. The van der Waals surface area contributed by atoms with E-state index in [0.29, 0.717) is 22.6 Å². The fraction of sp³-hybridized carbons (Fsp3) is 0.268. The van der Waals surface area contributed by atoms with Crippen molar-refractivity contribution in [3.05, 3.63) is 114 Å². The second kappa shape index (κ2) is 13.3. The fourth-order valence-corrected chi connectivity index (χ4v) is 9.49. The van der Waals surface area contributed by atoms with E-state index in [2.05, 4.69) is 10.2 Å². The smallest absolute Gasteiger partial charge is 0.258 e. The number of benzene rings is 4. The van der Waals surface area contributed by atoms with Gasteiger partial charge < -0.3 is 14.7 Å². The number of imide groups is 2. The van der Waals surface area contributed by atoms with Gasteiger partial charge in [0.1, 0.15) is 17.3 Å². The summed E-state index contributed by atoms with van der Waals surface area (Å²) in [6, 6.07) is 23.4. The van der Waals surface area contributed by atoms with Crippen molar-refractivity contribution in [2.45, 2.75) is 28.5 Å². The molecule has 0 radical (unpaired) electrons. The molecule has 0 aromatic heterocycles. The topological polar surface area (TPSA) is 132 Å². The summed E-state index contributed by atoms with van der Waals surface area (Å²) in [5, 5.41) is 20.0. The number of allylic oxidation sites excluding steroid dienone is 2. The van der Waals surface area contributed by atoms with Gasteiger partial charge in [-0.3, -0.25) is 24.1 Å². The molecule has 4 aromatic rings. The van der Waals surface area contributed by atoms with Crippen LogP contribution in [0, 0.1) is 23.6 Å². The zero-order valence-corrected chi connectivity index (χ0v) is 31.3. The van der Waals surface area contributed by atoms with Gasteiger partial charge in [-0.15, -0.1) is 23.2 Å². The Morgan fingerprint density at radius 2 is 1.40 bits per heavy atom. The van der Waals surface area contributed by atoms with E-state index in [1.807, 2.05) is 43.3 Å². The van der Waals surface area contributed by atoms with Gasteiger partial charge in [0, 0.05) is 31.3 Å². The van der Waals surface area contributed by atoms with Crippen LogP contribution in [0.15, 0.2) is 113 Å². The lowest BCUT2D eigenvalue weighted by Crippen LogP contribution is -2.60. The van der Waals surface area contributed by atoms with Crippen molar-refractivity contribution in [1.82, 2.24) is 0 Å². The first-order valence-electron chi connectivity index (χ1n) is 17.6. The van der Waals surface area contributed by atoms with Crippen LogP contribution in [0.3, 0.4) is 0 Å². The molecule has 4 aliphatic rings. The second-order valence-electron chi connectivity index (χ2n) is 14.3. The standard InChI is InChI=1S/C41H34Cl2FN5O6/c1-47(2)25-15-9-23(10-16-25)45-46-24-11-17-26(18-12-24)48-36(51)29-20-19-28-30(33(29)37(48)52)21-40(42)38(53)49(27-13-7-22(44)8-14-27)39(54)41(40,43)35(28)34-31(50)5-4-6-32(34)55-3/h4-19,29-30,33,35,50H,20-21H2,1-3H3/t29-,30+,33-,35+,40+,41-/m0/s1. The Labute approximate surface area is 325 Å². The zero-order chi connectivity index (χ0) is 39.0. The third kappa shape index (κ3) is 5.44. The molecule has 280 valence electrons. The minimum Gasteiger partial charge on any atom is -0.508 e. The fourth-order valence-electron chi connectivity index (χ4n) is 8.57. The summed E-state index contributed by atoms with van der Waals surface area (Å²) in [6.45, 7) is 0. The highest BCUT2D eigenvalue weighted by molar-refractivity contribution is 6.58. The lowest BCUT2D eigenvalue weighted by Gasteiger charge is -2.50. The predicted octanol–water partition coefficient (Wildman–Crippen LogP) is 7.79. The zero-order valence-electron chi connectivity index (χ0n) is 29.8. The van der Waals surface area contributed by atoms with Crippen molar-refractivity contribution in [3.8, 4) is 11.5 Å². The minimum absolute atomic E-state index is 0.0483. The summed E-state index contributed by atoms with van der Waals surface area (Å²) in [7, 11) is 5.27. The largest absolute Gasteiger partial charge is 0.508 e. The van der Waals surface area contributed by atoms with Crippen LogP contribution in [-0.4, -0.2) is 59.7 Å². The van der Waals surface area contributed by atoms with Crippen LogP contribution in [0.4, 0.5) is 32.8 Å². The molecule has 6 atom stereocenters. The third-order valence-corrected chi connectivity index (χ3v) is 12.6. The SMILES string of the molecule is COc1cccc(O)c1[C@H]1C2=CC[C@@H]3C(=O)N(c4ccc(N=Nc5ccc(N(C)C)cc5)cc4)C(=O)[C@@H]3[C@@H]2C[C@@]2(Cl)C(=O)N(c3ccc(F)cc3)C(=O)[C@@]12Cl. The molecule has 2 heterocycles.